The van der Waals surface area contributed by atoms with E-state index in [-0.39, 0.29) is 5.02 Å². The third-order valence-corrected chi connectivity index (χ3v) is 2.95. The zero-order chi connectivity index (χ0) is 12.3. The fraction of sp³-hybridized carbons (Fsp3) is 0.300. The molecule has 0 bridgehead atoms. The molecule has 0 aliphatic rings. The fourth-order valence-corrected chi connectivity index (χ4v) is 1.67. The molecule has 1 unspecified atom stereocenters. The van der Waals surface area contributed by atoms with Crippen LogP contribution < -0.4 is 10.5 Å². The van der Waals surface area contributed by atoms with Crippen molar-refractivity contribution < 1.29 is 9.53 Å². The van der Waals surface area contributed by atoms with Gasteiger partial charge in [0.25, 0.3) is 5.91 Å². The van der Waals surface area contributed by atoms with Gasteiger partial charge in [0, 0.05) is 6.07 Å². The van der Waals surface area contributed by atoms with Gasteiger partial charge in [0.1, 0.15) is 5.75 Å². The number of benzene rings is 1. The van der Waals surface area contributed by atoms with E-state index < -0.39 is 12.0 Å². The van der Waals surface area contributed by atoms with E-state index in [9.17, 15) is 4.79 Å². The first-order valence-corrected chi connectivity index (χ1v) is 5.69. The highest BCUT2D eigenvalue weighted by molar-refractivity contribution is 6.43. The Morgan fingerprint density at radius 1 is 1.31 bits per heavy atom. The highest BCUT2D eigenvalue weighted by Crippen LogP contribution is 2.34. The molecular weight excluding hydrogens is 272 g/mol. The van der Waals surface area contributed by atoms with E-state index in [0.29, 0.717) is 22.2 Å². The first-order chi connectivity index (χ1) is 7.45. The number of amides is 1. The molecule has 6 heteroatoms. The molecular formula is C10H10Cl3NO2. The molecule has 0 spiro atoms. The molecule has 1 rings (SSSR count). The lowest BCUT2D eigenvalue weighted by molar-refractivity contribution is -0.124. The topological polar surface area (TPSA) is 52.3 Å². The molecule has 16 heavy (non-hydrogen) atoms. The van der Waals surface area contributed by atoms with Gasteiger partial charge in [-0.3, -0.25) is 4.79 Å². The van der Waals surface area contributed by atoms with Crippen molar-refractivity contribution in [2.75, 3.05) is 0 Å². The Balaban J connectivity index is 2.96. The number of hydrogen-bond acceptors (Lipinski definition) is 2. The largest absolute Gasteiger partial charge is 0.479 e. The normalized spacial score (nSPS) is 12.2. The summed E-state index contributed by atoms with van der Waals surface area (Å²) in [5.74, 6) is -0.258. The van der Waals surface area contributed by atoms with Gasteiger partial charge in [-0.25, -0.2) is 0 Å². The van der Waals surface area contributed by atoms with Crippen molar-refractivity contribution in [3.63, 3.8) is 0 Å². The summed E-state index contributed by atoms with van der Waals surface area (Å²) < 4.78 is 5.34. The second-order valence-electron chi connectivity index (χ2n) is 3.11. The van der Waals surface area contributed by atoms with Gasteiger partial charge in [-0.2, -0.15) is 0 Å². The van der Waals surface area contributed by atoms with Crippen LogP contribution in [-0.4, -0.2) is 12.0 Å². The maximum atomic E-state index is 11.0. The highest BCUT2D eigenvalue weighted by Gasteiger charge is 2.17. The Kier molecular flexibility index (Phi) is 4.71. The molecule has 2 N–H and O–H groups in total. The van der Waals surface area contributed by atoms with Crippen LogP contribution in [0, 0.1) is 0 Å². The van der Waals surface area contributed by atoms with Crippen molar-refractivity contribution in [2.45, 2.75) is 19.4 Å². The number of carbonyl (C=O) groups is 1. The number of nitrogens with two attached hydrogens (primary N) is 1. The zero-order valence-electron chi connectivity index (χ0n) is 8.47. The molecule has 0 aromatic heterocycles. The van der Waals surface area contributed by atoms with E-state index in [1.54, 1.807) is 6.92 Å². The number of ether oxygens (including phenoxy) is 1. The standard InChI is InChI=1S/C10H10Cl3NO2/c1-2-8(10(14)15)16-9-4-6(12)5(11)3-7(9)13/h3-4,8H,2H2,1H3,(H2,14,15). The van der Waals surface area contributed by atoms with Gasteiger partial charge >= 0.3 is 0 Å². The van der Waals surface area contributed by atoms with Gasteiger partial charge in [0.15, 0.2) is 6.10 Å². The van der Waals surface area contributed by atoms with Crippen molar-refractivity contribution >= 4 is 40.7 Å². The second-order valence-corrected chi connectivity index (χ2v) is 4.34. The summed E-state index contributed by atoms with van der Waals surface area (Å²) in [7, 11) is 0. The van der Waals surface area contributed by atoms with Gasteiger partial charge in [-0.15, -0.1) is 0 Å². The summed E-state index contributed by atoms with van der Waals surface area (Å²) in [4.78, 5) is 11.0. The van der Waals surface area contributed by atoms with E-state index >= 15 is 0 Å². The predicted octanol–water partition coefficient (Wildman–Crippen LogP) is 3.29. The van der Waals surface area contributed by atoms with Gasteiger partial charge in [0.05, 0.1) is 15.1 Å². The van der Waals surface area contributed by atoms with Gasteiger partial charge in [-0.05, 0) is 12.5 Å². The van der Waals surface area contributed by atoms with Crippen molar-refractivity contribution in [2.24, 2.45) is 5.73 Å². The third-order valence-electron chi connectivity index (χ3n) is 1.93. The highest BCUT2D eigenvalue weighted by atomic mass is 35.5. The van der Waals surface area contributed by atoms with Crippen LogP contribution in [0.3, 0.4) is 0 Å². The quantitative estimate of drug-likeness (QED) is 0.862. The molecule has 0 radical (unpaired) electrons. The van der Waals surface area contributed by atoms with E-state index in [1.165, 1.54) is 12.1 Å². The van der Waals surface area contributed by atoms with Crippen molar-refractivity contribution in [1.82, 2.24) is 0 Å². The number of halogens is 3. The lowest BCUT2D eigenvalue weighted by atomic mass is 10.2. The van der Waals surface area contributed by atoms with Crippen LogP contribution >= 0.6 is 34.8 Å². The average molecular weight is 283 g/mol. The van der Waals surface area contributed by atoms with Crippen molar-refractivity contribution in [3.8, 4) is 5.75 Å². The first kappa shape index (κ1) is 13.4. The van der Waals surface area contributed by atoms with Crippen LogP contribution in [-0.2, 0) is 4.79 Å². The van der Waals surface area contributed by atoms with Crippen LogP contribution in [0.2, 0.25) is 15.1 Å². The summed E-state index contributed by atoms with van der Waals surface area (Å²) in [6.45, 7) is 1.78. The van der Waals surface area contributed by atoms with E-state index in [4.69, 9.17) is 45.3 Å². The van der Waals surface area contributed by atoms with Gasteiger partial charge in [0.2, 0.25) is 0 Å². The summed E-state index contributed by atoms with van der Waals surface area (Å²) in [5.41, 5.74) is 5.15. The molecule has 1 aromatic rings. The molecule has 0 saturated heterocycles. The summed E-state index contributed by atoms with van der Waals surface area (Å²) in [5, 5.41) is 0.917. The van der Waals surface area contributed by atoms with E-state index in [1.807, 2.05) is 0 Å². The molecule has 88 valence electrons. The Bertz CT molecular complexity index is 409. The minimum Gasteiger partial charge on any atom is -0.479 e. The maximum Gasteiger partial charge on any atom is 0.258 e. The molecule has 0 aliphatic heterocycles. The maximum absolute atomic E-state index is 11.0. The fourth-order valence-electron chi connectivity index (χ4n) is 1.09. The lowest BCUT2D eigenvalue weighted by Gasteiger charge is -2.15. The van der Waals surface area contributed by atoms with Gasteiger partial charge in [-0.1, -0.05) is 41.7 Å². The summed E-state index contributed by atoms with van der Waals surface area (Å²) in [6.07, 6.45) is -0.277. The lowest BCUT2D eigenvalue weighted by Crippen LogP contribution is -2.33. The second kappa shape index (κ2) is 5.62. The molecule has 3 nitrogen and oxygen atoms in total. The van der Waals surface area contributed by atoms with Crippen LogP contribution in [0.5, 0.6) is 5.75 Å². The Morgan fingerprint density at radius 3 is 2.38 bits per heavy atom. The molecule has 1 aromatic carbocycles. The molecule has 1 atom stereocenters. The monoisotopic (exact) mass is 281 g/mol. The minimum absolute atomic E-state index is 0.286. The Hall–Kier alpha value is -0.640. The number of rotatable bonds is 4. The summed E-state index contributed by atoms with van der Waals surface area (Å²) in [6, 6.07) is 2.91. The molecule has 0 saturated carbocycles. The number of hydrogen-bond donors (Lipinski definition) is 1. The van der Waals surface area contributed by atoms with E-state index in [0.717, 1.165) is 0 Å². The molecule has 0 heterocycles. The Morgan fingerprint density at radius 2 is 1.88 bits per heavy atom. The van der Waals surface area contributed by atoms with Gasteiger partial charge < -0.3 is 10.5 Å². The smallest absolute Gasteiger partial charge is 0.258 e. The van der Waals surface area contributed by atoms with Crippen LogP contribution in [0.1, 0.15) is 13.3 Å². The predicted molar refractivity (Wildman–Crippen MR) is 65.4 cm³/mol. The first-order valence-electron chi connectivity index (χ1n) is 4.56. The van der Waals surface area contributed by atoms with Crippen molar-refractivity contribution in [3.05, 3.63) is 27.2 Å². The Labute approximate surface area is 108 Å². The molecule has 0 aliphatic carbocycles. The molecule has 1 amide bonds. The third kappa shape index (κ3) is 3.17. The summed E-state index contributed by atoms with van der Waals surface area (Å²) >= 11 is 17.4. The minimum atomic E-state index is -0.727. The van der Waals surface area contributed by atoms with Crippen molar-refractivity contribution in [1.29, 1.82) is 0 Å². The van der Waals surface area contributed by atoms with Crippen LogP contribution in [0.25, 0.3) is 0 Å². The number of primary amides is 1. The average Bonchev–Trinajstić information content (AvgIpc) is 2.21. The van der Waals surface area contributed by atoms with E-state index in [2.05, 4.69) is 0 Å². The molecule has 0 fully saturated rings. The van der Waals surface area contributed by atoms with Crippen LogP contribution in [0.4, 0.5) is 0 Å². The zero-order valence-corrected chi connectivity index (χ0v) is 10.7. The number of carbonyl (C=O) groups excluding carboxylic acids is 1. The van der Waals surface area contributed by atoms with Crippen LogP contribution in [0.15, 0.2) is 12.1 Å². The SMILES string of the molecule is CCC(Oc1cc(Cl)c(Cl)cc1Cl)C(N)=O.